The predicted octanol–water partition coefficient (Wildman–Crippen LogP) is 3.00. The number of hydrogen-bond acceptors (Lipinski definition) is 4. The van der Waals surface area contributed by atoms with Crippen LogP contribution in [0, 0.1) is 0 Å². The summed E-state index contributed by atoms with van der Waals surface area (Å²) in [6.45, 7) is 5.09. The number of likely N-dealkylation sites (tertiary alicyclic amines) is 1. The van der Waals surface area contributed by atoms with E-state index in [9.17, 15) is 9.59 Å². The normalized spacial score (nSPS) is 22.4. The Bertz CT molecular complexity index is 674. The molecule has 25 heavy (non-hydrogen) atoms. The monoisotopic (exact) mass is 359 g/mol. The molecule has 6 heteroatoms. The SMILES string of the molecule is CC1CCCCN1CCCNC(=O)/C=C1\Sc2ccccc2NC1=O. The van der Waals surface area contributed by atoms with Gasteiger partial charge in [0.1, 0.15) is 0 Å². The lowest BCUT2D eigenvalue weighted by molar-refractivity contribution is -0.117. The highest BCUT2D eigenvalue weighted by Crippen LogP contribution is 2.37. The van der Waals surface area contributed by atoms with Gasteiger partial charge in [0.15, 0.2) is 0 Å². The summed E-state index contributed by atoms with van der Waals surface area (Å²) < 4.78 is 0. The number of fused-ring (bicyclic) bond motifs is 1. The number of anilines is 1. The fourth-order valence-corrected chi connectivity index (χ4v) is 4.18. The number of thioether (sulfide) groups is 1. The third kappa shape index (κ3) is 4.86. The highest BCUT2D eigenvalue weighted by atomic mass is 32.2. The minimum absolute atomic E-state index is 0.205. The van der Waals surface area contributed by atoms with Crippen LogP contribution in [0.15, 0.2) is 40.1 Å². The molecule has 0 radical (unpaired) electrons. The molecule has 0 aliphatic carbocycles. The molecule has 0 spiro atoms. The van der Waals surface area contributed by atoms with Crippen LogP contribution in [0.5, 0.6) is 0 Å². The van der Waals surface area contributed by atoms with Crippen LogP contribution in [0.4, 0.5) is 5.69 Å². The van der Waals surface area contributed by atoms with Gasteiger partial charge < -0.3 is 15.5 Å². The average molecular weight is 359 g/mol. The van der Waals surface area contributed by atoms with Gasteiger partial charge in [-0.1, -0.05) is 30.3 Å². The number of carbonyl (C=O) groups excluding carboxylic acids is 2. The summed E-state index contributed by atoms with van der Waals surface area (Å²) in [6.07, 6.45) is 6.20. The Balaban J connectivity index is 1.46. The number of piperidine rings is 1. The van der Waals surface area contributed by atoms with Crippen molar-refractivity contribution >= 4 is 29.3 Å². The summed E-state index contributed by atoms with van der Waals surface area (Å²) in [5.41, 5.74) is 0.797. The van der Waals surface area contributed by atoms with Gasteiger partial charge in [-0.15, -0.1) is 0 Å². The Morgan fingerprint density at radius 2 is 2.24 bits per heavy atom. The van der Waals surface area contributed by atoms with E-state index in [-0.39, 0.29) is 11.8 Å². The fraction of sp³-hybridized carbons (Fsp3) is 0.474. The molecule has 2 aliphatic heterocycles. The van der Waals surface area contributed by atoms with Gasteiger partial charge >= 0.3 is 0 Å². The summed E-state index contributed by atoms with van der Waals surface area (Å²) in [5.74, 6) is -0.426. The summed E-state index contributed by atoms with van der Waals surface area (Å²) in [6, 6.07) is 8.24. The maximum absolute atomic E-state index is 12.1. The molecule has 1 saturated heterocycles. The number of nitrogens with one attached hydrogen (secondary N) is 2. The molecule has 2 aliphatic rings. The Hall–Kier alpha value is -1.79. The molecule has 134 valence electrons. The van der Waals surface area contributed by atoms with E-state index >= 15 is 0 Å². The second kappa shape index (κ2) is 8.54. The maximum Gasteiger partial charge on any atom is 0.262 e. The van der Waals surface area contributed by atoms with Crippen molar-refractivity contribution in [3.8, 4) is 0 Å². The maximum atomic E-state index is 12.1. The fourth-order valence-electron chi connectivity index (χ4n) is 3.26. The van der Waals surface area contributed by atoms with Crippen molar-refractivity contribution in [2.75, 3.05) is 25.0 Å². The molecule has 1 aromatic carbocycles. The average Bonchev–Trinajstić information content (AvgIpc) is 2.61. The van der Waals surface area contributed by atoms with E-state index in [0.29, 0.717) is 17.5 Å². The first-order valence-electron chi connectivity index (χ1n) is 8.95. The van der Waals surface area contributed by atoms with Crippen LogP contribution >= 0.6 is 11.8 Å². The van der Waals surface area contributed by atoms with Crippen LogP contribution in [0.2, 0.25) is 0 Å². The van der Waals surface area contributed by atoms with Gasteiger partial charge in [-0.2, -0.15) is 0 Å². The lowest BCUT2D eigenvalue weighted by atomic mass is 10.0. The minimum atomic E-state index is -0.221. The van der Waals surface area contributed by atoms with E-state index in [2.05, 4.69) is 22.5 Å². The quantitative estimate of drug-likeness (QED) is 0.627. The van der Waals surface area contributed by atoms with Crippen molar-refractivity contribution in [1.29, 1.82) is 0 Å². The molecule has 2 N–H and O–H groups in total. The molecule has 1 fully saturated rings. The van der Waals surface area contributed by atoms with E-state index in [4.69, 9.17) is 0 Å². The van der Waals surface area contributed by atoms with Crippen molar-refractivity contribution < 1.29 is 9.59 Å². The largest absolute Gasteiger partial charge is 0.352 e. The molecule has 0 saturated carbocycles. The van der Waals surface area contributed by atoms with Gasteiger partial charge in [0.05, 0.1) is 10.6 Å². The standard InChI is InChI=1S/C19H25N3O2S/c1-14-7-4-5-11-22(14)12-6-10-20-18(23)13-17-19(24)21-15-8-2-3-9-16(15)25-17/h2-3,8-9,13-14H,4-7,10-12H2,1H3,(H,20,23)(H,21,24)/b17-13-. The van der Waals surface area contributed by atoms with E-state index in [0.717, 1.165) is 30.1 Å². The molecular formula is C19H25N3O2S. The third-order valence-corrected chi connectivity index (χ3v) is 5.80. The van der Waals surface area contributed by atoms with Crippen molar-refractivity contribution in [3.05, 3.63) is 35.2 Å². The molecule has 5 nitrogen and oxygen atoms in total. The highest BCUT2D eigenvalue weighted by Gasteiger charge is 2.21. The van der Waals surface area contributed by atoms with Crippen molar-refractivity contribution in [3.63, 3.8) is 0 Å². The molecule has 1 unspecified atom stereocenters. The van der Waals surface area contributed by atoms with Crippen LogP contribution in [-0.2, 0) is 9.59 Å². The molecule has 0 bridgehead atoms. The molecule has 3 rings (SSSR count). The molecule has 2 heterocycles. The Kier molecular flexibility index (Phi) is 6.15. The second-order valence-electron chi connectivity index (χ2n) is 6.59. The van der Waals surface area contributed by atoms with E-state index < -0.39 is 0 Å². The summed E-state index contributed by atoms with van der Waals surface area (Å²) >= 11 is 1.34. The number of para-hydroxylation sites is 1. The first-order chi connectivity index (χ1) is 12.1. The first kappa shape index (κ1) is 18.0. The zero-order valence-corrected chi connectivity index (χ0v) is 15.4. The number of nitrogens with zero attached hydrogens (tertiary/aromatic N) is 1. The Morgan fingerprint density at radius 1 is 1.40 bits per heavy atom. The number of amides is 2. The van der Waals surface area contributed by atoms with E-state index in [1.807, 2.05) is 24.3 Å². The minimum Gasteiger partial charge on any atom is -0.352 e. The molecule has 0 aromatic heterocycles. The van der Waals surface area contributed by atoms with Crippen LogP contribution in [0.3, 0.4) is 0 Å². The summed E-state index contributed by atoms with van der Waals surface area (Å²) in [5, 5.41) is 5.71. The van der Waals surface area contributed by atoms with Crippen LogP contribution in [0.25, 0.3) is 0 Å². The van der Waals surface area contributed by atoms with Crippen molar-refractivity contribution in [2.45, 2.75) is 43.5 Å². The summed E-state index contributed by atoms with van der Waals surface area (Å²) in [4.78, 5) is 28.1. The van der Waals surface area contributed by atoms with Gasteiger partial charge in [-0.25, -0.2) is 0 Å². The summed E-state index contributed by atoms with van der Waals surface area (Å²) in [7, 11) is 0. The predicted molar refractivity (Wildman–Crippen MR) is 102 cm³/mol. The van der Waals surface area contributed by atoms with Crippen LogP contribution < -0.4 is 10.6 Å². The van der Waals surface area contributed by atoms with Gasteiger partial charge in [-0.05, 0) is 44.9 Å². The second-order valence-corrected chi connectivity index (χ2v) is 7.67. The van der Waals surface area contributed by atoms with E-state index in [1.54, 1.807) is 0 Å². The van der Waals surface area contributed by atoms with Crippen LogP contribution in [0.1, 0.15) is 32.6 Å². The molecule has 1 atom stereocenters. The van der Waals surface area contributed by atoms with Crippen molar-refractivity contribution in [1.82, 2.24) is 10.2 Å². The number of benzene rings is 1. The number of carbonyl (C=O) groups is 2. The molecular weight excluding hydrogens is 334 g/mol. The topological polar surface area (TPSA) is 61.4 Å². The van der Waals surface area contributed by atoms with E-state index in [1.165, 1.54) is 37.1 Å². The zero-order valence-electron chi connectivity index (χ0n) is 14.6. The first-order valence-corrected chi connectivity index (χ1v) is 9.77. The smallest absolute Gasteiger partial charge is 0.262 e. The zero-order chi connectivity index (χ0) is 17.6. The third-order valence-electron chi connectivity index (χ3n) is 4.70. The number of hydrogen-bond donors (Lipinski definition) is 2. The number of rotatable bonds is 5. The Labute approximate surface area is 153 Å². The molecule has 2 amide bonds. The van der Waals surface area contributed by atoms with Gasteiger partial charge in [0, 0.05) is 30.1 Å². The molecule has 1 aromatic rings. The lowest BCUT2D eigenvalue weighted by Gasteiger charge is -2.33. The van der Waals surface area contributed by atoms with Crippen LogP contribution in [-0.4, -0.2) is 42.4 Å². The van der Waals surface area contributed by atoms with Crippen molar-refractivity contribution in [2.24, 2.45) is 0 Å². The van der Waals surface area contributed by atoms with Gasteiger partial charge in [-0.3, -0.25) is 9.59 Å². The van der Waals surface area contributed by atoms with Gasteiger partial charge in [0.25, 0.3) is 5.91 Å². The Morgan fingerprint density at radius 3 is 3.08 bits per heavy atom. The van der Waals surface area contributed by atoms with Gasteiger partial charge in [0.2, 0.25) is 5.91 Å². The lowest BCUT2D eigenvalue weighted by Crippen LogP contribution is -2.39. The highest BCUT2D eigenvalue weighted by molar-refractivity contribution is 8.04.